The summed E-state index contributed by atoms with van der Waals surface area (Å²) in [4.78, 5) is 24.3. The number of carboxylic acids is 2. The van der Waals surface area contributed by atoms with Crippen molar-refractivity contribution in [3.05, 3.63) is 41.9 Å². The zero-order valence-electron chi connectivity index (χ0n) is 19.3. The van der Waals surface area contributed by atoms with Gasteiger partial charge >= 0.3 is 24.3 Å². The van der Waals surface area contributed by atoms with Gasteiger partial charge in [-0.05, 0) is 19.4 Å². The number of halogens is 6. The Morgan fingerprint density at radius 2 is 1.73 bits per heavy atom. The van der Waals surface area contributed by atoms with Gasteiger partial charge in [0.05, 0.1) is 17.9 Å². The molecule has 0 aliphatic carbocycles. The molecule has 0 radical (unpaired) electrons. The quantitative estimate of drug-likeness (QED) is 0.541. The molecule has 2 saturated heterocycles. The van der Waals surface area contributed by atoms with E-state index in [0.717, 1.165) is 44.1 Å². The molecule has 37 heavy (non-hydrogen) atoms. The fourth-order valence-corrected chi connectivity index (χ4v) is 3.53. The largest absolute Gasteiger partial charge is 0.490 e. The van der Waals surface area contributed by atoms with Crippen molar-refractivity contribution in [3.63, 3.8) is 0 Å². The highest BCUT2D eigenvalue weighted by molar-refractivity contribution is 5.73. The van der Waals surface area contributed by atoms with Crippen LogP contribution in [0.4, 0.5) is 26.3 Å². The van der Waals surface area contributed by atoms with E-state index in [2.05, 4.69) is 15.0 Å². The molecular weight excluding hydrogens is 520 g/mol. The molecule has 1 spiro atoms. The molecule has 0 bridgehead atoms. The molecule has 4 rings (SSSR count). The Balaban J connectivity index is 0.000000286. The first-order valence-electron chi connectivity index (χ1n) is 10.5. The van der Waals surface area contributed by atoms with Crippen LogP contribution in [0.3, 0.4) is 0 Å². The summed E-state index contributed by atoms with van der Waals surface area (Å²) in [5, 5.41) is 18.3. The number of hydrogen-bond donors (Lipinski definition) is 2. The molecule has 1 atom stereocenters. The Bertz CT molecular complexity index is 1000. The van der Waals surface area contributed by atoms with Crippen LogP contribution in [0.2, 0.25) is 0 Å². The summed E-state index contributed by atoms with van der Waals surface area (Å²) in [6.07, 6.45) is -7.37. The number of nitrogens with zero attached hydrogens (tertiary/aromatic N) is 3. The van der Waals surface area contributed by atoms with Crippen LogP contribution in [0.5, 0.6) is 5.88 Å². The minimum Gasteiger partial charge on any atom is -0.477 e. The van der Waals surface area contributed by atoms with Crippen molar-refractivity contribution < 1.29 is 60.1 Å². The van der Waals surface area contributed by atoms with E-state index in [1.165, 1.54) is 0 Å². The number of aromatic nitrogens is 2. The zero-order valence-corrected chi connectivity index (χ0v) is 19.3. The van der Waals surface area contributed by atoms with Gasteiger partial charge in [-0.15, -0.1) is 0 Å². The summed E-state index contributed by atoms with van der Waals surface area (Å²) in [6.45, 7) is 6.06. The summed E-state index contributed by atoms with van der Waals surface area (Å²) in [5.74, 6) is -3.56. The Kier molecular flexibility index (Phi) is 9.86. The van der Waals surface area contributed by atoms with Crippen molar-refractivity contribution in [2.75, 3.05) is 26.3 Å². The van der Waals surface area contributed by atoms with Gasteiger partial charge in [0.25, 0.3) is 0 Å². The number of aryl methyl sites for hydroxylation is 1. The van der Waals surface area contributed by atoms with Gasteiger partial charge in [-0.25, -0.2) is 14.6 Å². The van der Waals surface area contributed by atoms with E-state index in [0.29, 0.717) is 18.4 Å². The third-order valence-corrected chi connectivity index (χ3v) is 5.20. The Morgan fingerprint density at radius 1 is 1.14 bits per heavy atom. The second-order valence-corrected chi connectivity index (χ2v) is 8.06. The molecule has 0 saturated carbocycles. The fourth-order valence-electron chi connectivity index (χ4n) is 3.53. The Labute approximate surface area is 205 Å². The highest BCUT2D eigenvalue weighted by atomic mass is 19.4. The molecular formula is C21H23F6N3O7. The van der Waals surface area contributed by atoms with Crippen molar-refractivity contribution >= 4 is 11.9 Å². The summed E-state index contributed by atoms with van der Waals surface area (Å²) in [7, 11) is 0. The molecule has 0 aromatic carbocycles. The molecule has 2 aromatic heterocycles. The van der Waals surface area contributed by atoms with Gasteiger partial charge in [0, 0.05) is 50.5 Å². The molecule has 2 aliphatic rings. The zero-order chi connectivity index (χ0) is 27.9. The van der Waals surface area contributed by atoms with Gasteiger partial charge in [0.1, 0.15) is 5.76 Å². The highest BCUT2D eigenvalue weighted by Crippen LogP contribution is 2.40. The van der Waals surface area contributed by atoms with Gasteiger partial charge in [0.15, 0.2) is 0 Å². The summed E-state index contributed by atoms with van der Waals surface area (Å²) in [6, 6.07) is 7.71. The van der Waals surface area contributed by atoms with Crippen LogP contribution in [0.15, 0.2) is 35.0 Å². The van der Waals surface area contributed by atoms with Crippen LogP contribution in [-0.4, -0.2) is 81.4 Å². The lowest BCUT2D eigenvalue weighted by atomic mass is 9.81. The maximum absolute atomic E-state index is 10.6. The van der Waals surface area contributed by atoms with Crippen molar-refractivity contribution in [1.29, 1.82) is 0 Å². The topological polar surface area (TPSA) is 135 Å². The summed E-state index contributed by atoms with van der Waals surface area (Å²) < 4.78 is 80.5. The van der Waals surface area contributed by atoms with E-state index in [9.17, 15) is 26.3 Å². The fraction of sp³-hybridized carbons (Fsp3) is 0.524. The number of hydrogen-bond acceptors (Lipinski definition) is 8. The van der Waals surface area contributed by atoms with E-state index >= 15 is 0 Å². The van der Waals surface area contributed by atoms with Gasteiger partial charge in [-0.3, -0.25) is 4.90 Å². The first kappa shape index (κ1) is 29.8. The second-order valence-electron chi connectivity index (χ2n) is 8.06. The van der Waals surface area contributed by atoms with Gasteiger partial charge in [-0.2, -0.15) is 26.3 Å². The average Bonchev–Trinajstić information content (AvgIpc) is 3.38. The number of likely N-dealkylation sites (tertiary alicyclic amines) is 1. The first-order chi connectivity index (χ1) is 17.1. The van der Waals surface area contributed by atoms with Gasteiger partial charge in [-0.1, -0.05) is 11.2 Å². The van der Waals surface area contributed by atoms with Gasteiger partial charge in [0.2, 0.25) is 5.88 Å². The average molecular weight is 543 g/mol. The van der Waals surface area contributed by atoms with E-state index in [1.54, 1.807) is 6.20 Å². The number of carboxylic acid groups (broad SMARTS) is 2. The molecule has 4 heterocycles. The van der Waals surface area contributed by atoms with Crippen LogP contribution in [0.25, 0.3) is 0 Å². The summed E-state index contributed by atoms with van der Waals surface area (Å²) in [5.41, 5.74) is 0.921. The Hall–Kier alpha value is -3.40. The normalized spacial score (nSPS) is 18.6. The molecule has 2 aliphatic heterocycles. The highest BCUT2D eigenvalue weighted by Gasteiger charge is 2.53. The maximum Gasteiger partial charge on any atom is 0.490 e. The number of ether oxygens (including phenoxy) is 2. The van der Waals surface area contributed by atoms with Crippen LogP contribution < -0.4 is 4.74 Å². The van der Waals surface area contributed by atoms with E-state index < -0.39 is 24.3 Å². The number of alkyl halides is 6. The number of carbonyl (C=O) groups is 2. The molecule has 206 valence electrons. The number of rotatable bonds is 5. The van der Waals surface area contributed by atoms with Crippen LogP contribution in [0.1, 0.15) is 17.9 Å². The predicted octanol–water partition coefficient (Wildman–Crippen LogP) is 3.31. The number of pyridine rings is 1. The van der Waals surface area contributed by atoms with Crippen molar-refractivity contribution in [2.24, 2.45) is 5.92 Å². The molecule has 2 N–H and O–H groups in total. The van der Waals surface area contributed by atoms with E-state index in [1.807, 2.05) is 31.2 Å². The lowest BCUT2D eigenvalue weighted by molar-refractivity contribution is -0.193. The molecule has 10 nitrogen and oxygen atoms in total. The van der Waals surface area contributed by atoms with Crippen molar-refractivity contribution in [2.45, 2.75) is 37.8 Å². The van der Waals surface area contributed by atoms with Crippen LogP contribution >= 0.6 is 0 Å². The third-order valence-electron chi connectivity index (χ3n) is 5.20. The first-order valence-corrected chi connectivity index (χ1v) is 10.5. The smallest absolute Gasteiger partial charge is 0.477 e. The third kappa shape index (κ3) is 9.20. The molecule has 2 aromatic rings. The van der Waals surface area contributed by atoms with Crippen LogP contribution in [-0.2, 0) is 20.9 Å². The maximum atomic E-state index is 10.6. The standard InChI is InChI=1S/C17H21N3O3.2C2HF3O2/c1-13-8-15(19-23-13)9-20-11-17(12-20)14(5-7-22-17)10-21-16-4-2-3-6-18-16;2*3-2(4,5)1(6)7/h2-4,6,8,14H,5,7,9-12H2,1H3;2*(H,6,7). The SMILES string of the molecule is Cc1cc(CN2CC3(C2)OCCC3COc2ccccn2)no1.O=C(O)C(F)(F)F.O=C(O)C(F)(F)F. The minimum absolute atomic E-state index is 0.0619. The lowest BCUT2D eigenvalue weighted by Crippen LogP contribution is -2.64. The van der Waals surface area contributed by atoms with Crippen molar-refractivity contribution in [3.8, 4) is 5.88 Å². The van der Waals surface area contributed by atoms with Crippen molar-refractivity contribution in [1.82, 2.24) is 15.0 Å². The predicted molar refractivity (Wildman–Crippen MR) is 110 cm³/mol. The Morgan fingerprint density at radius 3 is 2.19 bits per heavy atom. The molecule has 0 amide bonds. The lowest BCUT2D eigenvalue weighted by Gasteiger charge is -2.49. The molecule has 2 fully saturated rings. The van der Waals surface area contributed by atoms with Crippen LogP contribution in [0, 0.1) is 12.8 Å². The van der Waals surface area contributed by atoms with Gasteiger partial charge < -0.3 is 24.2 Å². The minimum atomic E-state index is -5.08. The summed E-state index contributed by atoms with van der Waals surface area (Å²) >= 11 is 0. The number of aliphatic carboxylic acids is 2. The molecule has 1 unspecified atom stereocenters. The van der Waals surface area contributed by atoms with E-state index in [-0.39, 0.29) is 5.60 Å². The second kappa shape index (κ2) is 12.2. The monoisotopic (exact) mass is 543 g/mol. The van der Waals surface area contributed by atoms with E-state index in [4.69, 9.17) is 33.8 Å². The molecule has 16 heteroatoms.